The van der Waals surface area contributed by atoms with Crippen LogP contribution in [0.25, 0.3) is 0 Å². The van der Waals surface area contributed by atoms with E-state index in [9.17, 15) is 17.6 Å². The maximum atomic E-state index is 13.2. The smallest absolute Gasteiger partial charge is 0.259 e. The van der Waals surface area contributed by atoms with Crippen LogP contribution in [0.5, 0.6) is 0 Å². The first-order valence-corrected chi connectivity index (χ1v) is 11.8. The number of nitrogens with zero attached hydrogens (tertiary/aromatic N) is 3. The van der Waals surface area contributed by atoms with Crippen LogP contribution in [0.15, 0.2) is 53.4 Å². The molecule has 1 atom stereocenters. The molecular weight excluding hydrogens is 441 g/mol. The summed E-state index contributed by atoms with van der Waals surface area (Å²) in [5, 5.41) is 4.59. The lowest BCUT2D eigenvalue weighted by molar-refractivity contribution is 0.0742. The van der Waals surface area contributed by atoms with Crippen molar-refractivity contribution in [2.45, 2.75) is 31.3 Å². The summed E-state index contributed by atoms with van der Waals surface area (Å²) in [7, 11) is -1.63. The van der Waals surface area contributed by atoms with E-state index in [1.54, 1.807) is 38.2 Å². The first kappa shape index (κ1) is 23.0. The minimum atomic E-state index is -3.29. The molecule has 164 valence electrons. The molecule has 0 aliphatic rings. The third-order valence-electron chi connectivity index (χ3n) is 5.22. The minimum absolute atomic E-state index is 0.207. The van der Waals surface area contributed by atoms with Gasteiger partial charge in [0.1, 0.15) is 11.0 Å². The Kier molecular flexibility index (Phi) is 6.52. The van der Waals surface area contributed by atoms with Crippen LogP contribution in [-0.4, -0.2) is 42.3 Å². The quantitative estimate of drug-likeness (QED) is 0.547. The summed E-state index contributed by atoms with van der Waals surface area (Å²) in [6.45, 7) is 3.86. The highest BCUT2D eigenvalue weighted by Crippen LogP contribution is 2.27. The van der Waals surface area contributed by atoms with E-state index in [1.807, 2.05) is 6.92 Å². The van der Waals surface area contributed by atoms with Gasteiger partial charge in [-0.1, -0.05) is 35.9 Å². The van der Waals surface area contributed by atoms with Crippen LogP contribution in [0.3, 0.4) is 0 Å². The number of carbonyl (C=O) groups excluding carboxylic acids is 1. The first-order valence-electron chi connectivity index (χ1n) is 9.53. The number of amides is 1. The van der Waals surface area contributed by atoms with Gasteiger partial charge in [0.05, 0.1) is 28.7 Å². The normalized spacial score (nSPS) is 12.6. The Morgan fingerprint density at radius 2 is 1.74 bits per heavy atom. The molecule has 0 aliphatic carbocycles. The van der Waals surface area contributed by atoms with Crippen molar-refractivity contribution >= 4 is 27.3 Å². The Morgan fingerprint density at radius 1 is 1.16 bits per heavy atom. The number of hydrogen-bond donors (Lipinski definition) is 0. The summed E-state index contributed by atoms with van der Waals surface area (Å²) < 4.78 is 38.0. The maximum Gasteiger partial charge on any atom is 0.259 e. The number of aryl methyl sites for hydroxylation is 1. The summed E-state index contributed by atoms with van der Waals surface area (Å²) >= 11 is 6.48. The lowest BCUT2D eigenvalue weighted by Crippen LogP contribution is -2.30. The van der Waals surface area contributed by atoms with E-state index in [4.69, 9.17) is 11.6 Å². The van der Waals surface area contributed by atoms with E-state index in [1.165, 1.54) is 33.8 Å². The van der Waals surface area contributed by atoms with Crippen LogP contribution in [0.4, 0.5) is 4.39 Å². The molecule has 0 N–H and O–H groups in total. The summed E-state index contributed by atoms with van der Waals surface area (Å²) in [5.41, 5.74) is 2.38. The molecule has 1 heterocycles. The predicted octanol–water partition coefficient (Wildman–Crippen LogP) is 4.27. The Hall–Kier alpha value is -2.71. The highest BCUT2D eigenvalue weighted by molar-refractivity contribution is 7.90. The van der Waals surface area contributed by atoms with Crippen LogP contribution in [0.2, 0.25) is 5.15 Å². The van der Waals surface area contributed by atoms with Crippen LogP contribution >= 0.6 is 11.6 Å². The summed E-state index contributed by atoms with van der Waals surface area (Å²) in [4.78, 5) is 14.9. The Balaban J connectivity index is 1.83. The van der Waals surface area contributed by atoms with Gasteiger partial charge in [-0.25, -0.2) is 17.5 Å². The fourth-order valence-corrected chi connectivity index (χ4v) is 4.18. The lowest BCUT2D eigenvalue weighted by Gasteiger charge is -2.25. The molecule has 0 spiro atoms. The van der Waals surface area contributed by atoms with Crippen molar-refractivity contribution in [3.05, 3.63) is 81.9 Å². The molecule has 0 aliphatic heterocycles. The number of sulfone groups is 1. The summed E-state index contributed by atoms with van der Waals surface area (Å²) in [6.07, 6.45) is 1.15. The molecule has 31 heavy (non-hydrogen) atoms. The van der Waals surface area contributed by atoms with Gasteiger partial charge < -0.3 is 4.90 Å². The average molecular weight is 464 g/mol. The van der Waals surface area contributed by atoms with Crippen LogP contribution in [0.1, 0.15) is 40.1 Å². The van der Waals surface area contributed by atoms with Crippen molar-refractivity contribution in [3.8, 4) is 0 Å². The molecule has 2 aromatic carbocycles. The zero-order valence-electron chi connectivity index (χ0n) is 17.6. The van der Waals surface area contributed by atoms with E-state index < -0.39 is 9.84 Å². The summed E-state index contributed by atoms with van der Waals surface area (Å²) in [5.74, 6) is -0.630. The molecule has 3 rings (SSSR count). The van der Waals surface area contributed by atoms with Gasteiger partial charge in [-0.2, -0.15) is 5.10 Å². The molecule has 0 radical (unpaired) electrons. The number of halogens is 2. The molecule has 0 saturated carbocycles. The highest BCUT2D eigenvalue weighted by Gasteiger charge is 2.26. The zero-order chi connectivity index (χ0) is 22.9. The second-order valence-corrected chi connectivity index (χ2v) is 9.84. The number of carbonyl (C=O) groups is 1. The topological polar surface area (TPSA) is 72.3 Å². The monoisotopic (exact) mass is 463 g/mol. The fraction of sp³-hybridized carbons (Fsp3) is 0.273. The van der Waals surface area contributed by atoms with E-state index >= 15 is 0 Å². The first-order chi connectivity index (χ1) is 14.5. The van der Waals surface area contributed by atoms with Crippen molar-refractivity contribution in [2.75, 3.05) is 13.3 Å². The molecule has 0 saturated heterocycles. The van der Waals surface area contributed by atoms with Crippen molar-refractivity contribution in [1.29, 1.82) is 0 Å². The number of benzene rings is 2. The second kappa shape index (κ2) is 8.80. The zero-order valence-corrected chi connectivity index (χ0v) is 19.2. The van der Waals surface area contributed by atoms with Gasteiger partial charge in [-0.05, 0) is 49.2 Å². The number of rotatable bonds is 6. The second-order valence-electron chi connectivity index (χ2n) is 7.47. The van der Waals surface area contributed by atoms with Crippen LogP contribution in [-0.2, 0) is 16.4 Å². The van der Waals surface area contributed by atoms with Gasteiger partial charge >= 0.3 is 0 Å². The molecule has 9 heteroatoms. The predicted molar refractivity (Wildman–Crippen MR) is 118 cm³/mol. The third kappa shape index (κ3) is 4.97. The maximum absolute atomic E-state index is 13.2. The van der Waals surface area contributed by atoms with E-state index in [0.29, 0.717) is 17.8 Å². The third-order valence-corrected chi connectivity index (χ3v) is 6.73. The van der Waals surface area contributed by atoms with Crippen LogP contribution in [0, 0.1) is 12.7 Å². The van der Waals surface area contributed by atoms with Crippen molar-refractivity contribution in [2.24, 2.45) is 0 Å². The largest absolute Gasteiger partial charge is 0.335 e. The Labute approximate surface area is 186 Å². The highest BCUT2D eigenvalue weighted by atomic mass is 35.5. The van der Waals surface area contributed by atoms with Crippen molar-refractivity contribution in [1.82, 2.24) is 14.7 Å². The SMILES string of the molecule is Cc1nn(Cc2ccc(F)cc2)c(Cl)c1C(=O)N(C)C(C)c1ccc(S(C)(=O)=O)cc1. The van der Waals surface area contributed by atoms with Gasteiger partial charge in [0.2, 0.25) is 0 Å². The Morgan fingerprint density at radius 3 is 2.29 bits per heavy atom. The fourth-order valence-electron chi connectivity index (χ4n) is 3.23. The lowest BCUT2D eigenvalue weighted by atomic mass is 10.1. The molecule has 0 fully saturated rings. The van der Waals surface area contributed by atoms with Gasteiger partial charge in [-0.3, -0.25) is 4.79 Å². The average Bonchev–Trinajstić information content (AvgIpc) is 3.00. The molecule has 1 aromatic heterocycles. The van der Waals surface area contributed by atoms with Gasteiger partial charge in [0, 0.05) is 13.3 Å². The minimum Gasteiger partial charge on any atom is -0.335 e. The molecule has 1 unspecified atom stereocenters. The molecule has 3 aromatic rings. The Bertz CT molecular complexity index is 1210. The van der Waals surface area contributed by atoms with E-state index in [0.717, 1.165) is 17.4 Å². The molecule has 1 amide bonds. The summed E-state index contributed by atoms with van der Waals surface area (Å²) in [6, 6.07) is 12.1. The van der Waals surface area contributed by atoms with Crippen molar-refractivity contribution < 1.29 is 17.6 Å². The standard InChI is InChI=1S/C22H23ClFN3O3S/c1-14-20(21(23)27(25-14)13-16-5-9-18(24)10-6-16)22(28)26(3)15(2)17-7-11-19(12-8-17)31(4,29)30/h5-12,15H,13H2,1-4H3. The molecular formula is C22H23ClFN3O3S. The van der Waals surface area contributed by atoms with Crippen LogP contribution < -0.4 is 0 Å². The molecule has 0 bridgehead atoms. The van der Waals surface area contributed by atoms with Gasteiger partial charge in [0.15, 0.2) is 9.84 Å². The number of aromatic nitrogens is 2. The van der Waals surface area contributed by atoms with E-state index in [-0.39, 0.29) is 27.8 Å². The van der Waals surface area contributed by atoms with Gasteiger partial charge in [-0.15, -0.1) is 0 Å². The molecule has 6 nitrogen and oxygen atoms in total. The van der Waals surface area contributed by atoms with Gasteiger partial charge in [0.25, 0.3) is 5.91 Å². The number of hydrogen-bond acceptors (Lipinski definition) is 4. The van der Waals surface area contributed by atoms with E-state index in [2.05, 4.69) is 5.10 Å². The van der Waals surface area contributed by atoms with Crippen molar-refractivity contribution in [3.63, 3.8) is 0 Å².